The Labute approximate surface area is 123 Å². The number of anilines is 1. The maximum Gasteiger partial charge on any atom is 0.320 e. The predicted octanol–water partition coefficient (Wildman–Crippen LogP) is 2.51. The van der Waals surface area contributed by atoms with Gasteiger partial charge in [-0.1, -0.05) is 37.1 Å². The number of carbonyl (C=O) groups excluding carboxylic acids is 1. The molecule has 0 heterocycles. The Balaban J connectivity index is 2.37. The molecule has 0 aromatic heterocycles. The van der Waals surface area contributed by atoms with Gasteiger partial charge in [-0.05, 0) is 18.6 Å². The first kappa shape index (κ1) is 16.5. The predicted molar refractivity (Wildman–Crippen MR) is 79.0 cm³/mol. The number of carbonyl (C=O) groups is 2. The van der Waals surface area contributed by atoms with Crippen molar-refractivity contribution in [1.82, 2.24) is 5.32 Å². The molecule has 20 heavy (non-hydrogen) atoms. The second-order valence-electron chi connectivity index (χ2n) is 4.41. The number of hydrogen-bond acceptors (Lipinski definition) is 3. The summed E-state index contributed by atoms with van der Waals surface area (Å²) in [7, 11) is 0. The minimum Gasteiger partial charge on any atom is -0.480 e. The number of carboxylic acids is 1. The molecule has 1 amide bonds. The van der Waals surface area contributed by atoms with Gasteiger partial charge in [-0.3, -0.25) is 9.59 Å². The lowest BCUT2D eigenvalue weighted by atomic mass is 10.1. The minimum absolute atomic E-state index is 0.193. The first-order valence-electron chi connectivity index (χ1n) is 6.55. The number of hydrogen-bond donors (Lipinski definition) is 3. The van der Waals surface area contributed by atoms with Gasteiger partial charge in [0.1, 0.15) is 6.04 Å². The van der Waals surface area contributed by atoms with Crippen molar-refractivity contribution < 1.29 is 14.7 Å². The van der Waals surface area contributed by atoms with Crippen molar-refractivity contribution in [2.24, 2.45) is 0 Å². The number of para-hydroxylation sites is 1. The summed E-state index contributed by atoms with van der Waals surface area (Å²) >= 11 is 5.93. The van der Waals surface area contributed by atoms with Crippen LogP contribution in [0.2, 0.25) is 5.02 Å². The topological polar surface area (TPSA) is 78.4 Å². The molecule has 3 N–H and O–H groups in total. The molecule has 5 nitrogen and oxygen atoms in total. The lowest BCUT2D eigenvalue weighted by Crippen LogP contribution is -2.38. The largest absolute Gasteiger partial charge is 0.480 e. The zero-order valence-electron chi connectivity index (χ0n) is 11.4. The number of carboxylic acid groups (broad SMARTS) is 1. The molecule has 0 aliphatic rings. The van der Waals surface area contributed by atoms with Gasteiger partial charge < -0.3 is 15.7 Å². The smallest absolute Gasteiger partial charge is 0.320 e. The molecule has 0 radical (unpaired) electrons. The van der Waals surface area contributed by atoms with Crippen molar-refractivity contribution in [3.05, 3.63) is 29.3 Å². The number of rotatable bonds is 8. The van der Waals surface area contributed by atoms with E-state index in [2.05, 4.69) is 10.6 Å². The van der Waals surface area contributed by atoms with E-state index in [1.807, 2.05) is 6.92 Å². The minimum atomic E-state index is -0.890. The number of nitrogens with one attached hydrogen (secondary N) is 2. The molecule has 110 valence electrons. The van der Waals surface area contributed by atoms with E-state index in [1.54, 1.807) is 24.3 Å². The molecule has 6 heteroatoms. The Kier molecular flexibility index (Phi) is 7.04. The Bertz CT molecular complexity index is 465. The number of benzene rings is 1. The van der Waals surface area contributed by atoms with Crippen LogP contribution in [-0.2, 0) is 9.59 Å². The summed E-state index contributed by atoms with van der Waals surface area (Å²) in [5.41, 5.74) is 0.558. The van der Waals surface area contributed by atoms with Gasteiger partial charge in [-0.15, -0.1) is 0 Å². The Hall–Kier alpha value is -1.59. The molecule has 1 aromatic carbocycles. The van der Waals surface area contributed by atoms with Crippen LogP contribution < -0.4 is 10.6 Å². The third kappa shape index (κ3) is 5.59. The Morgan fingerprint density at radius 1 is 1.35 bits per heavy atom. The fourth-order valence-corrected chi connectivity index (χ4v) is 1.92. The van der Waals surface area contributed by atoms with E-state index in [-0.39, 0.29) is 12.3 Å². The van der Waals surface area contributed by atoms with Crippen LogP contribution in [0.3, 0.4) is 0 Å². The van der Waals surface area contributed by atoms with Crippen molar-refractivity contribution in [3.63, 3.8) is 0 Å². The summed E-state index contributed by atoms with van der Waals surface area (Å²) in [6.45, 7) is 2.23. The van der Waals surface area contributed by atoms with Crippen LogP contribution in [0.4, 0.5) is 5.69 Å². The SMILES string of the molecule is CCCC(NCCC(=O)Nc1ccccc1Cl)C(=O)O. The Morgan fingerprint density at radius 2 is 2.05 bits per heavy atom. The highest BCUT2D eigenvalue weighted by atomic mass is 35.5. The fourth-order valence-electron chi connectivity index (χ4n) is 1.74. The second kappa shape index (κ2) is 8.55. The van der Waals surface area contributed by atoms with E-state index in [1.165, 1.54) is 0 Å². The van der Waals surface area contributed by atoms with Crippen LogP contribution in [0, 0.1) is 0 Å². The van der Waals surface area contributed by atoms with E-state index < -0.39 is 12.0 Å². The molecule has 0 aliphatic heterocycles. The van der Waals surface area contributed by atoms with Crippen LogP contribution in [0.25, 0.3) is 0 Å². The summed E-state index contributed by atoms with van der Waals surface area (Å²) in [4.78, 5) is 22.6. The van der Waals surface area contributed by atoms with Crippen LogP contribution in [0.1, 0.15) is 26.2 Å². The molecule has 0 bridgehead atoms. The molecule has 0 fully saturated rings. The highest BCUT2D eigenvalue weighted by Crippen LogP contribution is 2.20. The van der Waals surface area contributed by atoms with Crippen molar-refractivity contribution in [2.75, 3.05) is 11.9 Å². The summed E-state index contributed by atoms with van der Waals surface area (Å²) in [5, 5.41) is 15.0. The van der Waals surface area contributed by atoms with Gasteiger partial charge in [-0.2, -0.15) is 0 Å². The molecule has 0 saturated carbocycles. The van der Waals surface area contributed by atoms with E-state index in [9.17, 15) is 9.59 Å². The molecule has 0 saturated heterocycles. The standard InChI is InChI=1S/C14H19ClN2O3/c1-2-5-12(14(19)20)16-9-8-13(18)17-11-7-4-3-6-10(11)15/h3-4,6-7,12,16H,2,5,8-9H2,1H3,(H,17,18)(H,19,20). The van der Waals surface area contributed by atoms with E-state index in [4.69, 9.17) is 16.7 Å². The van der Waals surface area contributed by atoms with Gasteiger partial charge in [0.15, 0.2) is 0 Å². The molecule has 0 aliphatic carbocycles. The Morgan fingerprint density at radius 3 is 2.65 bits per heavy atom. The molecule has 1 atom stereocenters. The van der Waals surface area contributed by atoms with E-state index in [0.29, 0.717) is 23.7 Å². The summed E-state index contributed by atoms with van der Waals surface area (Å²) < 4.78 is 0. The summed E-state index contributed by atoms with van der Waals surface area (Å²) in [6.07, 6.45) is 1.51. The molecule has 1 unspecified atom stereocenters. The molecular weight excluding hydrogens is 280 g/mol. The van der Waals surface area contributed by atoms with Crippen LogP contribution in [-0.4, -0.2) is 29.6 Å². The van der Waals surface area contributed by atoms with Crippen molar-refractivity contribution in [3.8, 4) is 0 Å². The van der Waals surface area contributed by atoms with Gasteiger partial charge >= 0.3 is 5.97 Å². The lowest BCUT2D eigenvalue weighted by molar-refractivity contribution is -0.139. The highest BCUT2D eigenvalue weighted by molar-refractivity contribution is 6.33. The third-order valence-electron chi connectivity index (χ3n) is 2.77. The number of aliphatic carboxylic acids is 1. The van der Waals surface area contributed by atoms with E-state index >= 15 is 0 Å². The number of halogens is 1. The maximum atomic E-state index is 11.7. The molecule has 1 rings (SSSR count). The van der Waals surface area contributed by atoms with Crippen molar-refractivity contribution in [2.45, 2.75) is 32.2 Å². The van der Waals surface area contributed by atoms with Gasteiger partial charge in [0.25, 0.3) is 0 Å². The normalized spacial score (nSPS) is 11.9. The monoisotopic (exact) mass is 298 g/mol. The van der Waals surface area contributed by atoms with Crippen LogP contribution in [0.5, 0.6) is 0 Å². The maximum absolute atomic E-state index is 11.7. The van der Waals surface area contributed by atoms with Crippen molar-refractivity contribution in [1.29, 1.82) is 0 Å². The van der Waals surface area contributed by atoms with Crippen molar-refractivity contribution >= 4 is 29.2 Å². The van der Waals surface area contributed by atoms with Gasteiger partial charge in [-0.25, -0.2) is 0 Å². The third-order valence-corrected chi connectivity index (χ3v) is 3.10. The fraction of sp³-hybridized carbons (Fsp3) is 0.429. The van der Waals surface area contributed by atoms with Gasteiger partial charge in [0.05, 0.1) is 10.7 Å². The average molecular weight is 299 g/mol. The zero-order valence-corrected chi connectivity index (χ0v) is 12.1. The van der Waals surface area contributed by atoms with Gasteiger partial charge in [0, 0.05) is 13.0 Å². The molecule has 0 spiro atoms. The first-order chi connectivity index (χ1) is 9.54. The number of amides is 1. The molecular formula is C14H19ClN2O3. The average Bonchev–Trinajstić information content (AvgIpc) is 2.40. The quantitative estimate of drug-likeness (QED) is 0.689. The summed E-state index contributed by atoms with van der Waals surface area (Å²) in [5.74, 6) is -1.09. The van der Waals surface area contributed by atoms with Crippen LogP contribution in [0.15, 0.2) is 24.3 Å². The summed E-state index contributed by atoms with van der Waals surface area (Å²) in [6, 6.07) is 6.36. The second-order valence-corrected chi connectivity index (χ2v) is 4.82. The van der Waals surface area contributed by atoms with Crippen LogP contribution >= 0.6 is 11.6 Å². The lowest BCUT2D eigenvalue weighted by Gasteiger charge is -2.13. The van der Waals surface area contributed by atoms with Gasteiger partial charge in [0.2, 0.25) is 5.91 Å². The molecule has 1 aromatic rings. The highest BCUT2D eigenvalue weighted by Gasteiger charge is 2.15. The van der Waals surface area contributed by atoms with E-state index in [0.717, 1.165) is 6.42 Å². The first-order valence-corrected chi connectivity index (χ1v) is 6.93. The zero-order chi connectivity index (χ0) is 15.0.